The van der Waals surface area contributed by atoms with Crippen LogP contribution in [0.2, 0.25) is 0 Å². The summed E-state index contributed by atoms with van der Waals surface area (Å²) in [5.74, 6) is -1.67. The first-order valence-corrected chi connectivity index (χ1v) is 10.7. The number of carboxylic acids is 1. The predicted molar refractivity (Wildman–Crippen MR) is 122 cm³/mol. The Morgan fingerprint density at radius 1 is 1.08 bits per heavy atom. The van der Waals surface area contributed by atoms with Crippen LogP contribution in [-0.2, 0) is 23.9 Å². The minimum absolute atomic E-state index is 0.0128. The number of hydrogen-bond acceptors (Lipinski definition) is 7. The van der Waals surface area contributed by atoms with Gasteiger partial charge in [-0.1, -0.05) is 6.07 Å². The topological polar surface area (TPSA) is 115 Å². The van der Waals surface area contributed by atoms with Gasteiger partial charge in [-0.2, -0.15) is 18.2 Å². The number of methoxy groups -OCH3 is 2. The molecular weight excluding hydrogens is 481 g/mol. The molecule has 2 heterocycles. The number of nitrogens with zero attached hydrogens (tertiary/aromatic N) is 4. The van der Waals surface area contributed by atoms with E-state index in [4.69, 9.17) is 14.6 Å². The van der Waals surface area contributed by atoms with Crippen LogP contribution in [0.1, 0.15) is 34.0 Å². The lowest BCUT2D eigenvalue weighted by atomic mass is 9.96. The van der Waals surface area contributed by atoms with E-state index in [1.165, 1.54) is 43.8 Å². The van der Waals surface area contributed by atoms with E-state index in [1.54, 1.807) is 13.0 Å². The molecule has 0 unspecified atom stereocenters. The summed E-state index contributed by atoms with van der Waals surface area (Å²) >= 11 is 0. The van der Waals surface area contributed by atoms with Crippen molar-refractivity contribution in [1.82, 2.24) is 19.9 Å². The van der Waals surface area contributed by atoms with Crippen molar-refractivity contribution < 1.29 is 37.3 Å². The third kappa shape index (κ3) is 6.06. The van der Waals surface area contributed by atoms with Crippen molar-refractivity contribution in [2.24, 2.45) is 0 Å². The van der Waals surface area contributed by atoms with E-state index < -0.39 is 23.6 Å². The molecule has 0 saturated heterocycles. The second-order valence-corrected chi connectivity index (χ2v) is 7.62. The minimum atomic E-state index is -4.61. The molecule has 1 aromatic carbocycles. The zero-order valence-electron chi connectivity index (χ0n) is 19.7. The van der Waals surface area contributed by atoms with Gasteiger partial charge in [0.15, 0.2) is 0 Å². The lowest BCUT2D eigenvalue weighted by molar-refractivity contribution is -0.138. The molecular formula is C24H23F3N4O5. The first kappa shape index (κ1) is 26.4. The summed E-state index contributed by atoms with van der Waals surface area (Å²) in [5, 5.41) is 9.08. The predicted octanol–water partition coefficient (Wildman–Crippen LogP) is 3.86. The van der Waals surface area contributed by atoms with Crippen LogP contribution in [-0.4, -0.2) is 57.6 Å². The van der Waals surface area contributed by atoms with Crippen molar-refractivity contribution in [1.29, 1.82) is 0 Å². The summed E-state index contributed by atoms with van der Waals surface area (Å²) in [6.07, 6.45) is -0.879. The van der Waals surface area contributed by atoms with Crippen molar-refractivity contribution in [3.63, 3.8) is 0 Å². The summed E-state index contributed by atoms with van der Waals surface area (Å²) in [5.41, 5.74) is 0.513. The normalized spacial score (nSPS) is 11.2. The fraction of sp³-hybridized carbons (Fsp3) is 0.292. The van der Waals surface area contributed by atoms with Gasteiger partial charge < -0.3 is 19.5 Å². The number of carbonyl (C=O) groups is 2. The average Bonchev–Trinajstić information content (AvgIpc) is 2.85. The van der Waals surface area contributed by atoms with Crippen LogP contribution < -0.4 is 9.47 Å². The second-order valence-electron chi connectivity index (χ2n) is 7.62. The molecule has 2 aromatic heterocycles. The van der Waals surface area contributed by atoms with Crippen molar-refractivity contribution in [3.8, 4) is 23.0 Å². The van der Waals surface area contributed by atoms with Crippen LogP contribution >= 0.6 is 0 Å². The Hall–Kier alpha value is -4.22. The molecule has 36 heavy (non-hydrogen) atoms. The summed E-state index contributed by atoms with van der Waals surface area (Å²) in [7, 11) is 2.67. The zero-order valence-corrected chi connectivity index (χ0v) is 19.7. The highest BCUT2D eigenvalue weighted by molar-refractivity contribution is 5.96. The number of aliphatic carboxylic acids is 1. The highest BCUT2D eigenvalue weighted by atomic mass is 19.4. The van der Waals surface area contributed by atoms with Gasteiger partial charge in [-0.3, -0.25) is 14.6 Å². The number of benzene rings is 1. The fourth-order valence-electron chi connectivity index (χ4n) is 3.54. The number of alkyl halides is 3. The number of ether oxygens (including phenoxy) is 2. The summed E-state index contributed by atoms with van der Waals surface area (Å²) in [4.78, 5) is 37.7. The van der Waals surface area contributed by atoms with Gasteiger partial charge >= 0.3 is 18.2 Å². The maximum Gasteiger partial charge on any atom is 0.416 e. The summed E-state index contributed by atoms with van der Waals surface area (Å²) < 4.78 is 50.7. The number of halogens is 3. The smallest absolute Gasteiger partial charge is 0.416 e. The number of carboxylic acid groups (broad SMARTS) is 1. The van der Waals surface area contributed by atoms with Crippen LogP contribution in [0.25, 0.3) is 11.1 Å². The van der Waals surface area contributed by atoms with Crippen LogP contribution in [0.5, 0.6) is 11.9 Å². The van der Waals surface area contributed by atoms with Gasteiger partial charge in [-0.05, 0) is 41.8 Å². The molecule has 1 amide bonds. The Bertz CT molecular complexity index is 1270. The van der Waals surface area contributed by atoms with Crippen molar-refractivity contribution in [2.45, 2.75) is 26.1 Å². The number of amides is 1. The van der Waals surface area contributed by atoms with E-state index in [0.29, 0.717) is 16.7 Å². The average molecular weight is 504 g/mol. The molecule has 3 aromatic rings. The number of hydrogen-bond donors (Lipinski definition) is 1. The highest BCUT2D eigenvalue weighted by Gasteiger charge is 2.32. The van der Waals surface area contributed by atoms with Gasteiger partial charge in [0.2, 0.25) is 5.88 Å². The van der Waals surface area contributed by atoms with E-state index in [0.717, 1.165) is 12.1 Å². The van der Waals surface area contributed by atoms with Gasteiger partial charge in [0.05, 0.1) is 32.4 Å². The number of aromatic nitrogens is 3. The minimum Gasteiger partial charge on any atom is -0.481 e. The van der Waals surface area contributed by atoms with Gasteiger partial charge in [-0.25, -0.2) is 4.98 Å². The molecule has 0 bridgehead atoms. The van der Waals surface area contributed by atoms with Crippen LogP contribution in [0.15, 0.2) is 42.9 Å². The Morgan fingerprint density at radius 2 is 1.83 bits per heavy atom. The first-order chi connectivity index (χ1) is 17.1. The SMILES string of the molecule is CCN(Cc1cc(C(F)(F)F)ccc1-c1cncc(CC(=O)O)c1)C(=O)c1cnc(OC)nc1OC. The number of rotatable bonds is 9. The van der Waals surface area contributed by atoms with Crippen LogP contribution in [0.3, 0.4) is 0 Å². The molecule has 9 nitrogen and oxygen atoms in total. The maximum atomic E-state index is 13.5. The molecule has 0 spiro atoms. The monoisotopic (exact) mass is 504 g/mol. The number of carbonyl (C=O) groups excluding carboxylic acids is 1. The molecule has 0 atom stereocenters. The van der Waals surface area contributed by atoms with Crippen LogP contribution in [0.4, 0.5) is 13.2 Å². The molecule has 0 saturated carbocycles. The Kier molecular flexibility index (Phi) is 8.07. The molecule has 1 N–H and O–H groups in total. The van der Waals surface area contributed by atoms with E-state index in [9.17, 15) is 22.8 Å². The first-order valence-electron chi connectivity index (χ1n) is 10.7. The number of pyridine rings is 1. The Morgan fingerprint density at radius 3 is 2.44 bits per heavy atom. The Labute approximate surface area is 204 Å². The summed E-state index contributed by atoms with van der Waals surface area (Å²) in [6.45, 7) is 1.64. The van der Waals surface area contributed by atoms with Crippen molar-refractivity contribution in [2.75, 3.05) is 20.8 Å². The molecule has 190 valence electrons. The quantitative estimate of drug-likeness (QED) is 0.467. The molecule has 0 radical (unpaired) electrons. The van der Waals surface area contributed by atoms with E-state index in [1.807, 2.05) is 0 Å². The largest absolute Gasteiger partial charge is 0.481 e. The van der Waals surface area contributed by atoms with Gasteiger partial charge in [0.1, 0.15) is 5.56 Å². The molecule has 0 aliphatic rings. The molecule has 3 rings (SSSR count). The standard InChI is InChI=1S/C24H23F3N4O5/c1-4-31(22(34)19-12-29-23(36-3)30-21(19)35-2)13-16-9-17(24(25,26)27)5-6-18(16)15-7-14(8-20(32)33)10-28-11-15/h5-7,9-12H,4,8,13H2,1-3H3,(H,32,33). The van der Waals surface area contributed by atoms with Crippen LogP contribution in [0, 0.1) is 0 Å². The van der Waals surface area contributed by atoms with Gasteiger partial charge in [0.25, 0.3) is 5.91 Å². The van der Waals surface area contributed by atoms with Gasteiger partial charge in [-0.15, -0.1) is 0 Å². The molecule has 0 aliphatic carbocycles. The maximum absolute atomic E-state index is 13.5. The zero-order chi connectivity index (χ0) is 26.5. The highest BCUT2D eigenvalue weighted by Crippen LogP contribution is 2.34. The molecule has 12 heteroatoms. The second kappa shape index (κ2) is 11.0. The molecule has 0 aliphatic heterocycles. The van der Waals surface area contributed by atoms with Crippen molar-refractivity contribution >= 4 is 11.9 Å². The van der Waals surface area contributed by atoms with Crippen molar-refractivity contribution in [3.05, 3.63) is 65.1 Å². The Balaban J connectivity index is 2.05. The third-order valence-electron chi connectivity index (χ3n) is 5.26. The lowest BCUT2D eigenvalue weighted by Crippen LogP contribution is -2.31. The lowest BCUT2D eigenvalue weighted by Gasteiger charge is -2.24. The van der Waals surface area contributed by atoms with E-state index in [-0.39, 0.29) is 42.5 Å². The molecule has 0 fully saturated rings. The fourth-order valence-corrected chi connectivity index (χ4v) is 3.54. The van der Waals surface area contributed by atoms with E-state index >= 15 is 0 Å². The van der Waals surface area contributed by atoms with E-state index in [2.05, 4.69) is 15.0 Å². The summed E-state index contributed by atoms with van der Waals surface area (Å²) in [6, 6.07) is 4.72. The third-order valence-corrected chi connectivity index (χ3v) is 5.26. The van der Waals surface area contributed by atoms with Gasteiger partial charge in [0, 0.05) is 31.0 Å².